The molecule has 0 N–H and O–H groups in total. The predicted molar refractivity (Wildman–Crippen MR) is 106 cm³/mol. The van der Waals surface area contributed by atoms with E-state index in [4.69, 9.17) is 0 Å². The molecule has 3 aromatic rings. The van der Waals surface area contributed by atoms with Gasteiger partial charge in [0, 0.05) is 41.7 Å². The van der Waals surface area contributed by atoms with E-state index in [0.717, 1.165) is 34.9 Å². The summed E-state index contributed by atoms with van der Waals surface area (Å²) in [6.07, 6.45) is 1.89. The third-order valence-electron chi connectivity index (χ3n) is 3.97. The highest BCUT2D eigenvalue weighted by atomic mass is 32.1. The average molecular weight is 365 g/mol. The number of benzene rings is 2. The molecule has 26 heavy (non-hydrogen) atoms. The number of nitro groups is 1. The lowest BCUT2D eigenvalue weighted by Crippen LogP contribution is -2.17. The standard InChI is InChI=1S/C20H19N3O2S/c1-3-12-22(2)13-15-4-6-16(7-5-15)19-14-26-20(21-19)17-8-10-18(11-9-17)23(24)25/h3-11,14H,1,12-13H2,2H3. The Morgan fingerprint density at radius 1 is 1.15 bits per heavy atom. The topological polar surface area (TPSA) is 59.3 Å². The van der Waals surface area contributed by atoms with Gasteiger partial charge in [0.25, 0.3) is 5.69 Å². The van der Waals surface area contributed by atoms with Crippen LogP contribution in [0.15, 0.2) is 66.6 Å². The van der Waals surface area contributed by atoms with Crippen LogP contribution in [0.1, 0.15) is 5.56 Å². The molecular weight excluding hydrogens is 346 g/mol. The van der Waals surface area contributed by atoms with Crippen LogP contribution in [0.3, 0.4) is 0 Å². The second-order valence-corrected chi connectivity index (χ2v) is 6.88. The van der Waals surface area contributed by atoms with Crippen molar-refractivity contribution in [1.82, 2.24) is 9.88 Å². The molecule has 1 aromatic heterocycles. The smallest absolute Gasteiger partial charge is 0.269 e. The van der Waals surface area contributed by atoms with Crippen LogP contribution in [0.25, 0.3) is 21.8 Å². The van der Waals surface area contributed by atoms with Crippen molar-refractivity contribution in [2.24, 2.45) is 0 Å². The minimum absolute atomic E-state index is 0.0857. The molecule has 0 radical (unpaired) electrons. The molecule has 0 fully saturated rings. The van der Waals surface area contributed by atoms with Crippen LogP contribution in [-0.2, 0) is 6.54 Å². The van der Waals surface area contributed by atoms with E-state index in [1.807, 2.05) is 11.5 Å². The van der Waals surface area contributed by atoms with Gasteiger partial charge in [-0.3, -0.25) is 15.0 Å². The van der Waals surface area contributed by atoms with E-state index in [1.54, 1.807) is 12.1 Å². The molecule has 6 heteroatoms. The summed E-state index contributed by atoms with van der Waals surface area (Å²) in [4.78, 5) is 17.2. The van der Waals surface area contributed by atoms with Gasteiger partial charge < -0.3 is 0 Å². The molecule has 1 heterocycles. The minimum atomic E-state index is -0.398. The molecular formula is C20H19N3O2S. The van der Waals surface area contributed by atoms with Crippen molar-refractivity contribution in [1.29, 1.82) is 0 Å². The number of nitrogens with zero attached hydrogens (tertiary/aromatic N) is 3. The van der Waals surface area contributed by atoms with Crippen LogP contribution >= 0.6 is 11.3 Å². The van der Waals surface area contributed by atoms with Crippen LogP contribution in [-0.4, -0.2) is 28.4 Å². The van der Waals surface area contributed by atoms with Gasteiger partial charge in [-0.2, -0.15) is 0 Å². The van der Waals surface area contributed by atoms with E-state index in [-0.39, 0.29) is 5.69 Å². The first kappa shape index (κ1) is 18.0. The Hall–Kier alpha value is -2.83. The normalized spacial score (nSPS) is 10.8. The summed E-state index contributed by atoms with van der Waals surface area (Å²) in [7, 11) is 2.06. The summed E-state index contributed by atoms with van der Waals surface area (Å²) in [6, 6.07) is 14.9. The van der Waals surface area contributed by atoms with Crippen LogP contribution in [0.4, 0.5) is 5.69 Å². The molecule has 0 atom stereocenters. The van der Waals surface area contributed by atoms with Crippen molar-refractivity contribution < 1.29 is 4.92 Å². The van der Waals surface area contributed by atoms with E-state index in [2.05, 4.69) is 47.8 Å². The first-order valence-corrected chi connectivity index (χ1v) is 9.04. The molecule has 2 aromatic carbocycles. The summed E-state index contributed by atoms with van der Waals surface area (Å²) in [5, 5.41) is 13.6. The molecule has 0 aliphatic carbocycles. The molecule has 0 unspecified atom stereocenters. The number of aromatic nitrogens is 1. The lowest BCUT2D eigenvalue weighted by Gasteiger charge is -2.14. The Bertz CT molecular complexity index is 902. The fourth-order valence-electron chi connectivity index (χ4n) is 2.64. The number of likely N-dealkylation sites (N-methyl/N-ethyl adjacent to an activating group) is 1. The molecule has 0 saturated carbocycles. The molecule has 0 spiro atoms. The number of thiazole rings is 1. The maximum Gasteiger partial charge on any atom is 0.269 e. The molecule has 0 aliphatic heterocycles. The SMILES string of the molecule is C=CCN(C)Cc1ccc(-c2csc(-c3ccc([N+](=O)[O-])cc3)n2)cc1. The third-order valence-corrected chi connectivity index (χ3v) is 4.86. The number of hydrogen-bond acceptors (Lipinski definition) is 5. The van der Waals surface area contributed by atoms with E-state index in [9.17, 15) is 10.1 Å². The van der Waals surface area contributed by atoms with Crippen molar-refractivity contribution in [2.75, 3.05) is 13.6 Å². The molecule has 0 aliphatic rings. The van der Waals surface area contributed by atoms with E-state index < -0.39 is 4.92 Å². The first-order valence-electron chi connectivity index (χ1n) is 8.16. The molecule has 0 saturated heterocycles. The van der Waals surface area contributed by atoms with E-state index in [0.29, 0.717) is 0 Å². The summed E-state index contributed by atoms with van der Waals surface area (Å²) < 4.78 is 0. The van der Waals surface area contributed by atoms with Crippen LogP contribution < -0.4 is 0 Å². The van der Waals surface area contributed by atoms with E-state index >= 15 is 0 Å². The highest BCUT2D eigenvalue weighted by Gasteiger charge is 2.09. The third kappa shape index (κ3) is 4.22. The number of nitro benzene ring substituents is 1. The van der Waals surface area contributed by atoms with E-state index in [1.165, 1.54) is 29.0 Å². The fraction of sp³-hybridized carbons (Fsp3) is 0.150. The Morgan fingerprint density at radius 2 is 1.81 bits per heavy atom. The quantitative estimate of drug-likeness (QED) is 0.336. The Morgan fingerprint density at radius 3 is 2.42 bits per heavy atom. The number of rotatable bonds is 7. The molecule has 0 amide bonds. The van der Waals surface area contributed by atoms with Crippen LogP contribution in [0.2, 0.25) is 0 Å². The first-order chi connectivity index (χ1) is 12.6. The lowest BCUT2D eigenvalue weighted by molar-refractivity contribution is -0.384. The zero-order valence-corrected chi connectivity index (χ0v) is 15.3. The second kappa shape index (κ2) is 8.03. The van der Waals surface area contributed by atoms with Gasteiger partial charge in [-0.15, -0.1) is 17.9 Å². The largest absolute Gasteiger partial charge is 0.298 e. The maximum atomic E-state index is 10.8. The van der Waals surface area contributed by atoms with Gasteiger partial charge in [-0.1, -0.05) is 30.3 Å². The van der Waals surface area contributed by atoms with Crippen molar-refractivity contribution >= 4 is 17.0 Å². The fourth-order valence-corrected chi connectivity index (χ4v) is 3.48. The molecule has 132 valence electrons. The highest BCUT2D eigenvalue weighted by molar-refractivity contribution is 7.13. The highest BCUT2D eigenvalue weighted by Crippen LogP contribution is 2.30. The average Bonchev–Trinajstić information content (AvgIpc) is 3.13. The van der Waals surface area contributed by atoms with Gasteiger partial charge >= 0.3 is 0 Å². The summed E-state index contributed by atoms with van der Waals surface area (Å²) in [5.41, 5.74) is 4.18. The Kier molecular flexibility index (Phi) is 5.55. The molecule has 0 bridgehead atoms. The van der Waals surface area contributed by atoms with Crippen molar-refractivity contribution in [3.63, 3.8) is 0 Å². The van der Waals surface area contributed by atoms with Crippen LogP contribution in [0.5, 0.6) is 0 Å². The Labute approximate surface area is 156 Å². The van der Waals surface area contributed by atoms with Gasteiger partial charge in [0.05, 0.1) is 10.6 Å². The zero-order valence-electron chi connectivity index (χ0n) is 14.5. The summed E-state index contributed by atoms with van der Waals surface area (Å²) >= 11 is 1.53. The summed E-state index contributed by atoms with van der Waals surface area (Å²) in [6.45, 7) is 5.48. The Balaban J connectivity index is 1.75. The van der Waals surface area contributed by atoms with Gasteiger partial charge in [0.1, 0.15) is 5.01 Å². The van der Waals surface area contributed by atoms with Gasteiger partial charge in [0.15, 0.2) is 0 Å². The van der Waals surface area contributed by atoms with Crippen LogP contribution in [0, 0.1) is 10.1 Å². The van der Waals surface area contributed by atoms with Crippen molar-refractivity contribution in [3.05, 3.63) is 82.2 Å². The number of non-ortho nitro benzene ring substituents is 1. The van der Waals surface area contributed by atoms with Crippen molar-refractivity contribution in [3.8, 4) is 21.8 Å². The number of hydrogen-bond donors (Lipinski definition) is 0. The minimum Gasteiger partial charge on any atom is -0.298 e. The molecule has 3 rings (SSSR count). The summed E-state index contributed by atoms with van der Waals surface area (Å²) in [5.74, 6) is 0. The monoisotopic (exact) mass is 365 g/mol. The predicted octanol–water partition coefficient (Wildman–Crippen LogP) is 5.00. The van der Waals surface area contributed by atoms with Gasteiger partial charge in [-0.25, -0.2) is 4.98 Å². The molecule has 5 nitrogen and oxygen atoms in total. The second-order valence-electron chi connectivity index (χ2n) is 6.02. The zero-order chi connectivity index (χ0) is 18.5. The maximum absolute atomic E-state index is 10.8. The van der Waals surface area contributed by atoms with Crippen molar-refractivity contribution in [2.45, 2.75) is 6.54 Å². The van der Waals surface area contributed by atoms with Gasteiger partial charge in [-0.05, 0) is 24.7 Å². The lowest BCUT2D eigenvalue weighted by atomic mass is 10.1. The van der Waals surface area contributed by atoms with Gasteiger partial charge in [0.2, 0.25) is 0 Å².